The summed E-state index contributed by atoms with van der Waals surface area (Å²) in [6.45, 7) is 2.00. The first-order valence-electron chi connectivity index (χ1n) is 11.0. The van der Waals surface area contributed by atoms with E-state index in [0.717, 1.165) is 22.1 Å². The maximum absolute atomic E-state index is 12.6. The molecule has 0 bridgehead atoms. The lowest BCUT2D eigenvalue weighted by Gasteiger charge is -2.28. The standard InChI is InChI=1S/C28H26N2O4/c1-28(27(32)30-33,23-14-11-20-7-5-6-8-22(20)19-23)17-18-29-26(31)21-12-15-25(16-13-21)34-24-9-3-2-4-10-24/h2-16,19,33H,17-18H2,1H3,(H,29,31)(H,30,32). The molecule has 1 atom stereocenters. The number of fused-ring (bicyclic) bond motifs is 1. The van der Waals surface area contributed by atoms with Gasteiger partial charge in [0.25, 0.3) is 11.8 Å². The highest BCUT2D eigenvalue weighted by Gasteiger charge is 2.35. The average molecular weight is 455 g/mol. The third-order valence-electron chi connectivity index (χ3n) is 6.00. The summed E-state index contributed by atoms with van der Waals surface area (Å²) in [5, 5.41) is 14.3. The highest BCUT2D eigenvalue weighted by Crippen LogP contribution is 2.30. The summed E-state index contributed by atoms with van der Waals surface area (Å²) < 4.78 is 5.76. The molecule has 4 aromatic rings. The summed E-state index contributed by atoms with van der Waals surface area (Å²) in [7, 11) is 0. The fraction of sp³-hybridized carbons (Fsp3) is 0.143. The molecule has 2 amide bonds. The molecule has 0 saturated carbocycles. The topological polar surface area (TPSA) is 87.7 Å². The first-order valence-corrected chi connectivity index (χ1v) is 11.0. The Balaban J connectivity index is 1.42. The number of carbonyl (C=O) groups is 2. The van der Waals surface area contributed by atoms with Crippen LogP contribution in [0.5, 0.6) is 11.5 Å². The average Bonchev–Trinajstić information content (AvgIpc) is 2.88. The van der Waals surface area contributed by atoms with Crippen LogP contribution >= 0.6 is 0 Å². The van der Waals surface area contributed by atoms with E-state index in [1.807, 2.05) is 72.8 Å². The third kappa shape index (κ3) is 5.08. The van der Waals surface area contributed by atoms with E-state index in [2.05, 4.69) is 5.32 Å². The molecule has 4 aromatic carbocycles. The number of ether oxygens (including phenoxy) is 1. The summed E-state index contributed by atoms with van der Waals surface area (Å²) >= 11 is 0. The number of benzene rings is 4. The molecule has 4 rings (SSSR count). The molecule has 6 nitrogen and oxygen atoms in total. The Hall–Kier alpha value is -4.16. The number of hydroxylamine groups is 1. The lowest BCUT2D eigenvalue weighted by Crippen LogP contribution is -2.43. The highest BCUT2D eigenvalue weighted by molar-refractivity contribution is 5.94. The van der Waals surface area contributed by atoms with Crippen molar-refractivity contribution in [1.82, 2.24) is 10.8 Å². The van der Waals surface area contributed by atoms with Crippen LogP contribution in [0.1, 0.15) is 29.3 Å². The molecule has 6 heteroatoms. The van der Waals surface area contributed by atoms with Crippen LogP contribution in [-0.2, 0) is 10.2 Å². The Labute approximate surface area is 198 Å². The quantitative estimate of drug-likeness (QED) is 0.252. The molecule has 1 unspecified atom stereocenters. The first kappa shape index (κ1) is 23.0. The van der Waals surface area contributed by atoms with Crippen LogP contribution in [0, 0.1) is 0 Å². The van der Waals surface area contributed by atoms with E-state index in [9.17, 15) is 14.8 Å². The number of amides is 2. The minimum absolute atomic E-state index is 0.248. The van der Waals surface area contributed by atoms with Crippen LogP contribution in [0.25, 0.3) is 10.8 Å². The largest absolute Gasteiger partial charge is 0.457 e. The summed E-state index contributed by atoms with van der Waals surface area (Å²) in [5.41, 5.74) is 2.00. The molecule has 0 spiro atoms. The van der Waals surface area contributed by atoms with Gasteiger partial charge >= 0.3 is 0 Å². The zero-order chi connectivity index (χ0) is 24.0. The van der Waals surface area contributed by atoms with E-state index in [1.165, 1.54) is 0 Å². The number of para-hydroxylation sites is 1. The molecule has 0 aliphatic heterocycles. The van der Waals surface area contributed by atoms with Crippen LogP contribution < -0.4 is 15.5 Å². The van der Waals surface area contributed by atoms with Gasteiger partial charge in [-0.2, -0.15) is 0 Å². The molecule has 3 N–H and O–H groups in total. The summed E-state index contributed by atoms with van der Waals surface area (Å²) in [5.74, 6) is 0.567. The van der Waals surface area contributed by atoms with Gasteiger partial charge in [0.2, 0.25) is 0 Å². The number of rotatable bonds is 8. The van der Waals surface area contributed by atoms with Gasteiger partial charge in [0, 0.05) is 12.1 Å². The van der Waals surface area contributed by atoms with Crippen molar-refractivity contribution in [2.24, 2.45) is 0 Å². The molecule has 0 heterocycles. The van der Waals surface area contributed by atoms with Gasteiger partial charge in [-0.15, -0.1) is 0 Å². The second-order valence-electron chi connectivity index (χ2n) is 8.28. The second kappa shape index (κ2) is 10.2. The van der Waals surface area contributed by atoms with Crippen LogP contribution in [0.2, 0.25) is 0 Å². The van der Waals surface area contributed by atoms with Crippen molar-refractivity contribution in [2.75, 3.05) is 6.54 Å². The smallest absolute Gasteiger partial charge is 0.253 e. The minimum atomic E-state index is -1.03. The van der Waals surface area contributed by atoms with Gasteiger partial charge in [-0.1, -0.05) is 60.7 Å². The third-order valence-corrected chi connectivity index (χ3v) is 6.00. The fourth-order valence-electron chi connectivity index (χ4n) is 3.87. The predicted octanol–water partition coefficient (Wildman–Crippen LogP) is 5.22. The highest BCUT2D eigenvalue weighted by atomic mass is 16.5. The van der Waals surface area contributed by atoms with E-state index < -0.39 is 11.3 Å². The fourth-order valence-corrected chi connectivity index (χ4v) is 3.87. The zero-order valence-electron chi connectivity index (χ0n) is 18.8. The van der Waals surface area contributed by atoms with Crippen molar-refractivity contribution in [2.45, 2.75) is 18.8 Å². The SMILES string of the molecule is CC(CCNC(=O)c1ccc(Oc2ccccc2)cc1)(C(=O)NO)c1ccc2ccccc2c1. The normalized spacial score (nSPS) is 12.5. The summed E-state index contributed by atoms with van der Waals surface area (Å²) in [6.07, 6.45) is 0.304. The Morgan fingerprint density at radius 3 is 2.18 bits per heavy atom. The number of hydrogen-bond acceptors (Lipinski definition) is 4. The van der Waals surface area contributed by atoms with E-state index in [0.29, 0.717) is 17.7 Å². The Morgan fingerprint density at radius 2 is 1.47 bits per heavy atom. The molecule has 0 aromatic heterocycles. The van der Waals surface area contributed by atoms with Gasteiger partial charge in [-0.25, -0.2) is 5.48 Å². The van der Waals surface area contributed by atoms with Crippen molar-refractivity contribution in [3.8, 4) is 11.5 Å². The Morgan fingerprint density at radius 1 is 0.824 bits per heavy atom. The number of carbonyl (C=O) groups excluding carboxylic acids is 2. The number of nitrogens with one attached hydrogen (secondary N) is 2. The lowest BCUT2D eigenvalue weighted by atomic mass is 9.78. The molecule has 0 fully saturated rings. The van der Waals surface area contributed by atoms with Gasteiger partial charge in [0.1, 0.15) is 11.5 Å². The van der Waals surface area contributed by atoms with E-state index in [4.69, 9.17) is 4.74 Å². The van der Waals surface area contributed by atoms with Crippen molar-refractivity contribution < 1.29 is 19.5 Å². The van der Waals surface area contributed by atoms with Gasteiger partial charge in [0.05, 0.1) is 5.41 Å². The van der Waals surface area contributed by atoms with Gasteiger partial charge in [0.15, 0.2) is 0 Å². The number of hydrogen-bond donors (Lipinski definition) is 3. The van der Waals surface area contributed by atoms with Crippen molar-refractivity contribution in [3.05, 3.63) is 108 Å². The van der Waals surface area contributed by atoms with Gasteiger partial charge in [-0.05, 0) is 66.1 Å². The Kier molecular flexibility index (Phi) is 6.90. The summed E-state index contributed by atoms with van der Waals surface area (Å²) in [4.78, 5) is 25.3. The molecule has 0 radical (unpaired) electrons. The molecular weight excluding hydrogens is 428 g/mol. The molecule has 0 aliphatic carbocycles. The Bertz CT molecular complexity index is 1290. The molecule has 0 aliphatic rings. The van der Waals surface area contributed by atoms with Crippen LogP contribution in [0.15, 0.2) is 97.1 Å². The maximum Gasteiger partial charge on any atom is 0.253 e. The molecule has 0 saturated heterocycles. The lowest BCUT2D eigenvalue weighted by molar-refractivity contribution is -0.135. The molecule has 34 heavy (non-hydrogen) atoms. The van der Waals surface area contributed by atoms with Gasteiger partial charge in [-0.3, -0.25) is 14.8 Å². The van der Waals surface area contributed by atoms with Crippen LogP contribution in [0.3, 0.4) is 0 Å². The van der Waals surface area contributed by atoms with E-state index in [1.54, 1.807) is 36.7 Å². The van der Waals surface area contributed by atoms with Gasteiger partial charge < -0.3 is 10.1 Å². The van der Waals surface area contributed by atoms with Crippen molar-refractivity contribution in [3.63, 3.8) is 0 Å². The van der Waals surface area contributed by atoms with Crippen molar-refractivity contribution in [1.29, 1.82) is 0 Å². The zero-order valence-corrected chi connectivity index (χ0v) is 18.8. The van der Waals surface area contributed by atoms with E-state index >= 15 is 0 Å². The van der Waals surface area contributed by atoms with E-state index in [-0.39, 0.29) is 12.5 Å². The van der Waals surface area contributed by atoms with Crippen molar-refractivity contribution >= 4 is 22.6 Å². The van der Waals surface area contributed by atoms with Crippen LogP contribution in [-0.4, -0.2) is 23.6 Å². The van der Waals surface area contributed by atoms with Crippen LogP contribution in [0.4, 0.5) is 0 Å². The first-order chi connectivity index (χ1) is 16.5. The molecular formula is C28H26N2O4. The maximum atomic E-state index is 12.6. The summed E-state index contributed by atoms with van der Waals surface area (Å²) in [6, 6.07) is 29.9. The molecule has 172 valence electrons. The monoisotopic (exact) mass is 454 g/mol. The second-order valence-corrected chi connectivity index (χ2v) is 8.28. The predicted molar refractivity (Wildman–Crippen MR) is 131 cm³/mol. The minimum Gasteiger partial charge on any atom is -0.457 e.